The Morgan fingerprint density at radius 3 is 1.58 bits per heavy atom. The maximum absolute atomic E-state index is 12.6. The van der Waals surface area contributed by atoms with E-state index < -0.39 is 23.7 Å². The topological polar surface area (TPSA) is 136 Å². The number of carbonyl (C=O) groups excluding carboxylic acids is 2. The van der Waals surface area contributed by atoms with Crippen LogP contribution in [0, 0.1) is 11.8 Å². The van der Waals surface area contributed by atoms with Crippen LogP contribution in [0.15, 0.2) is 48.6 Å². The molecular weight excluding hydrogens is 308 g/mol. The van der Waals surface area contributed by atoms with Crippen molar-refractivity contribution in [1.29, 1.82) is 0 Å². The largest absolute Gasteiger partial charge is 0.361 e. The van der Waals surface area contributed by atoms with Gasteiger partial charge < -0.3 is 16.8 Å². The molecule has 0 saturated heterocycles. The number of amides is 2. The third-order valence-electron chi connectivity index (χ3n) is 3.58. The van der Waals surface area contributed by atoms with E-state index >= 15 is 0 Å². The van der Waals surface area contributed by atoms with Crippen LogP contribution in [-0.4, -0.2) is 50.8 Å². The lowest BCUT2D eigenvalue weighted by Gasteiger charge is -2.25. The van der Waals surface area contributed by atoms with E-state index in [2.05, 4.69) is 9.58 Å². The molecule has 0 spiro atoms. The Kier molecular flexibility index (Phi) is 5.65. The molecule has 24 heavy (non-hydrogen) atoms. The maximum Gasteiger partial charge on any atom is 0.314 e. The van der Waals surface area contributed by atoms with Crippen molar-refractivity contribution in [2.24, 2.45) is 17.6 Å². The average Bonchev–Trinajstić information content (AvgIpc) is 2.65. The summed E-state index contributed by atoms with van der Waals surface area (Å²) in [6.07, 6.45) is 12.2. The van der Waals surface area contributed by atoms with Crippen LogP contribution in [0.5, 0.6) is 0 Å². The Hall–Kier alpha value is -3.18. The van der Waals surface area contributed by atoms with Crippen LogP contribution in [0.2, 0.25) is 0 Å². The lowest BCUT2D eigenvalue weighted by molar-refractivity contribution is -0.146. The lowest BCUT2D eigenvalue weighted by atomic mass is 9.97. The highest BCUT2D eigenvalue weighted by Crippen LogP contribution is 2.16. The van der Waals surface area contributed by atoms with Gasteiger partial charge in [0.25, 0.3) is 0 Å². The van der Waals surface area contributed by atoms with Gasteiger partial charge in [-0.3, -0.25) is 14.5 Å². The molecule has 0 fully saturated rings. The second kappa shape index (κ2) is 7.89. The van der Waals surface area contributed by atoms with Gasteiger partial charge in [-0.1, -0.05) is 24.3 Å². The van der Waals surface area contributed by atoms with E-state index in [1.165, 1.54) is 24.3 Å². The second-order valence-corrected chi connectivity index (χ2v) is 5.15. The summed E-state index contributed by atoms with van der Waals surface area (Å²) < 4.78 is 0. The van der Waals surface area contributed by atoms with Crippen LogP contribution < -0.4 is 5.73 Å². The molecule has 0 unspecified atom stereocenters. The minimum absolute atomic E-state index is 0.0932. The van der Waals surface area contributed by atoms with Crippen molar-refractivity contribution in [2.45, 2.75) is 0 Å². The van der Waals surface area contributed by atoms with Gasteiger partial charge in [-0.2, -0.15) is 9.58 Å². The monoisotopic (exact) mass is 324 g/mol. The van der Waals surface area contributed by atoms with Gasteiger partial charge in [0.15, 0.2) is 0 Å². The number of nitrogens with zero attached hydrogens (tertiary/aromatic N) is 5. The first-order valence-electron chi connectivity index (χ1n) is 7.33. The Balaban J connectivity index is 2.17. The van der Waals surface area contributed by atoms with Gasteiger partial charge in [-0.05, 0) is 0 Å². The summed E-state index contributed by atoms with van der Waals surface area (Å²) in [6, 6.07) is 0. The number of nitrogens with two attached hydrogens (primary N) is 1. The molecule has 2 aliphatic rings. The Morgan fingerprint density at radius 2 is 1.29 bits per heavy atom. The molecule has 122 valence electrons. The minimum atomic E-state index is -0.628. The fraction of sp³-hybridized carbons (Fsp3) is 0.250. The Bertz CT molecular complexity index is 669. The van der Waals surface area contributed by atoms with Crippen molar-refractivity contribution in [1.82, 2.24) is 4.90 Å². The quantitative estimate of drug-likeness (QED) is 0.447. The van der Waals surface area contributed by atoms with E-state index in [1.807, 2.05) is 0 Å². The smallest absolute Gasteiger partial charge is 0.314 e. The summed E-state index contributed by atoms with van der Waals surface area (Å²) in [5.74, 6) is -2.06. The molecule has 8 nitrogen and oxygen atoms in total. The SMILES string of the molecule is [N-]=[N+]=C1C=CC(C(=O)N(CCN)C(=O)C2C=CC(=[N+]=[N-])C=C2)C=C1. The molecule has 0 bridgehead atoms. The van der Waals surface area contributed by atoms with Gasteiger partial charge in [-0.15, -0.1) is 0 Å². The predicted molar refractivity (Wildman–Crippen MR) is 86.6 cm³/mol. The van der Waals surface area contributed by atoms with Crippen molar-refractivity contribution < 1.29 is 19.2 Å². The van der Waals surface area contributed by atoms with Crippen molar-refractivity contribution in [3.05, 3.63) is 59.7 Å². The highest BCUT2D eigenvalue weighted by Gasteiger charge is 2.31. The van der Waals surface area contributed by atoms with E-state index in [0.29, 0.717) is 11.4 Å². The molecule has 0 aromatic carbocycles. The molecule has 2 amide bonds. The van der Waals surface area contributed by atoms with E-state index in [0.717, 1.165) is 4.90 Å². The van der Waals surface area contributed by atoms with Crippen LogP contribution in [0.3, 0.4) is 0 Å². The number of rotatable bonds is 4. The molecule has 0 aliphatic heterocycles. The highest BCUT2D eigenvalue weighted by atomic mass is 16.2. The first-order chi connectivity index (χ1) is 11.6. The molecule has 0 heterocycles. The molecule has 0 aromatic heterocycles. The van der Waals surface area contributed by atoms with Crippen LogP contribution in [0.1, 0.15) is 0 Å². The van der Waals surface area contributed by atoms with Crippen molar-refractivity contribution in [3.8, 4) is 0 Å². The first kappa shape index (κ1) is 17.2. The van der Waals surface area contributed by atoms with Crippen LogP contribution in [0.4, 0.5) is 0 Å². The van der Waals surface area contributed by atoms with Gasteiger partial charge in [0.05, 0.1) is 11.8 Å². The van der Waals surface area contributed by atoms with Gasteiger partial charge in [0.2, 0.25) is 11.8 Å². The zero-order valence-corrected chi connectivity index (χ0v) is 12.8. The van der Waals surface area contributed by atoms with Crippen molar-refractivity contribution in [3.63, 3.8) is 0 Å². The summed E-state index contributed by atoms with van der Waals surface area (Å²) >= 11 is 0. The van der Waals surface area contributed by atoms with Crippen molar-refractivity contribution in [2.75, 3.05) is 13.1 Å². The normalized spacial score (nSPS) is 21.4. The van der Waals surface area contributed by atoms with E-state index in [4.69, 9.17) is 16.8 Å². The van der Waals surface area contributed by atoms with Crippen LogP contribution in [0.25, 0.3) is 11.1 Å². The number of hydrogen-bond acceptors (Lipinski definition) is 3. The third kappa shape index (κ3) is 3.77. The van der Waals surface area contributed by atoms with E-state index in [-0.39, 0.29) is 13.1 Å². The van der Waals surface area contributed by atoms with Gasteiger partial charge in [-0.25, -0.2) is 0 Å². The van der Waals surface area contributed by atoms with E-state index in [1.54, 1.807) is 24.3 Å². The van der Waals surface area contributed by atoms with Gasteiger partial charge in [0.1, 0.15) is 0 Å². The summed E-state index contributed by atoms with van der Waals surface area (Å²) in [7, 11) is 0. The molecule has 8 heteroatoms. The number of hydrogen-bond donors (Lipinski definition) is 1. The van der Waals surface area contributed by atoms with E-state index in [9.17, 15) is 9.59 Å². The zero-order valence-electron chi connectivity index (χ0n) is 12.8. The second-order valence-electron chi connectivity index (χ2n) is 5.15. The number of carbonyl (C=O) groups is 2. The molecule has 2 rings (SSSR count). The molecular formula is C16H16N6O2. The molecule has 0 saturated carbocycles. The molecule has 0 radical (unpaired) electrons. The van der Waals surface area contributed by atoms with Gasteiger partial charge in [0, 0.05) is 37.4 Å². The standard InChI is InChI=1S/C16H16N6O2/c17-9-10-22(15(23)11-1-5-13(20-18)6-2-11)16(24)12-3-7-14(21-19)8-4-12/h1-8,11-12H,9-10,17H2. The number of imide groups is 1. The molecule has 2 aliphatic carbocycles. The molecule has 2 N–H and O–H groups in total. The fourth-order valence-electron chi connectivity index (χ4n) is 2.33. The number of allylic oxidation sites excluding steroid dienone is 4. The zero-order chi connectivity index (χ0) is 17.5. The predicted octanol–water partition coefficient (Wildman–Crippen LogP) is 0.126. The molecule has 0 atom stereocenters. The summed E-state index contributed by atoms with van der Waals surface area (Å²) in [5.41, 5.74) is 23.5. The summed E-state index contributed by atoms with van der Waals surface area (Å²) in [6.45, 7) is 0.237. The highest BCUT2D eigenvalue weighted by molar-refractivity contribution is 6.07. The minimum Gasteiger partial charge on any atom is -0.361 e. The van der Waals surface area contributed by atoms with Crippen LogP contribution in [-0.2, 0) is 9.59 Å². The Labute approximate surface area is 138 Å². The average molecular weight is 324 g/mol. The van der Waals surface area contributed by atoms with Gasteiger partial charge >= 0.3 is 11.4 Å². The van der Waals surface area contributed by atoms with Crippen LogP contribution >= 0.6 is 0 Å². The third-order valence-corrected chi connectivity index (χ3v) is 3.58. The first-order valence-corrected chi connectivity index (χ1v) is 7.33. The summed E-state index contributed by atoms with van der Waals surface area (Å²) in [5, 5.41) is 0. The lowest BCUT2D eigenvalue weighted by Crippen LogP contribution is -2.45. The maximum atomic E-state index is 12.6. The fourth-order valence-corrected chi connectivity index (χ4v) is 2.33. The molecule has 0 aromatic rings. The Morgan fingerprint density at radius 1 is 0.917 bits per heavy atom. The van der Waals surface area contributed by atoms with Crippen molar-refractivity contribution >= 4 is 23.2 Å². The summed E-state index contributed by atoms with van der Waals surface area (Å²) in [4.78, 5) is 32.4.